The molecule has 0 bridgehead atoms. The van der Waals surface area contributed by atoms with Crippen LogP contribution in [0.25, 0.3) is 0 Å². The normalized spacial score (nSPS) is 12.4. The predicted molar refractivity (Wildman–Crippen MR) is 69.2 cm³/mol. The number of benzene rings is 1. The highest BCUT2D eigenvalue weighted by molar-refractivity contribution is 9.10. The van der Waals surface area contributed by atoms with Crippen molar-refractivity contribution >= 4 is 15.9 Å². The Balaban J connectivity index is 2.50. The minimum absolute atomic E-state index is 0.209. The van der Waals surface area contributed by atoms with Gasteiger partial charge < -0.3 is 5.32 Å². The van der Waals surface area contributed by atoms with Crippen LogP contribution in [0.5, 0.6) is 0 Å². The summed E-state index contributed by atoms with van der Waals surface area (Å²) in [6.45, 7) is 0. The van der Waals surface area contributed by atoms with Crippen molar-refractivity contribution in [2.24, 2.45) is 0 Å². The molecular weight excluding hydrogens is 283 g/mol. The molecule has 0 amide bonds. The molecule has 0 fully saturated rings. The molecule has 0 saturated carbocycles. The summed E-state index contributed by atoms with van der Waals surface area (Å²) in [6, 6.07) is 8.53. The van der Waals surface area contributed by atoms with Crippen LogP contribution in [0.3, 0.4) is 0 Å². The molecule has 1 heterocycles. The van der Waals surface area contributed by atoms with Gasteiger partial charge in [0, 0.05) is 22.4 Å². The van der Waals surface area contributed by atoms with Gasteiger partial charge in [0.1, 0.15) is 5.82 Å². The maximum Gasteiger partial charge on any atom is 0.129 e. The summed E-state index contributed by atoms with van der Waals surface area (Å²) in [6.07, 6.45) is 3.44. The molecule has 0 spiro atoms. The van der Waals surface area contributed by atoms with E-state index in [-0.39, 0.29) is 11.9 Å². The molecule has 0 aliphatic heterocycles. The molecular formula is C13H12BrFN2. The topological polar surface area (TPSA) is 24.9 Å². The SMILES string of the molecule is CNC(c1cccnc1)c1c(F)cccc1Br. The lowest BCUT2D eigenvalue weighted by Crippen LogP contribution is -2.19. The summed E-state index contributed by atoms with van der Waals surface area (Å²) < 4.78 is 14.6. The molecule has 0 saturated heterocycles. The molecule has 88 valence electrons. The van der Waals surface area contributed by atoms with E-state index in [0.29, 0.717) is 5.56 Å². The van der Waals surface area contributed by atoms with Crippen LogP contribution in [-0.4, -0.2) is 12.0 Å². The van der Waals surface area contributed by atoms with E-state index in [9.17, 15) is 4.39 Å². The van der Waals surface area contributed by atoms with Crippen molar-refractivity contribution in [3.8, 4) is 0 Å². The van der Waals surface area contributed by atoms with E-state index < -0.39 is 0 Å². The first-order valence-electron chi connectivity index (χ1n) is 5.25. The molecule has 1 aromatic carbocycles. The number of nitrogens with zero attached hydrogens (tertiary/aromatic N) is 1. The van der Waals surface area contributed by atoms with Crippen LogP contribution in [0, 0.1) is 5.82 Å². The molecule has 2 rings (SSSR count). The van der Waals surface area contributed by atoms with Gasteiger partial charge in [0.05, 0.1) is 6.04 Å². The second-order valence-electron chi connectivity index (χ2n) is 3.64. The van der Waals surface area contributed by atoms with Crippen molar-refractivity contribution in [1.29, 1.82) is 0 Å². The van der Waals surface area contributed by atoms with Gasteiger partial charge in [-0.1, -0.05) is 28.1 Å². The fourth-order valence-corrected chi connectivity index (χ4v) is 2.38. The first kappa shape index (κ1) is 12.2. The lowest BCUT2D eigenvalue weighted by Gasteiger charge is -2.18. The second kappa shape index (κ2) is 5.38. The number of aromatic nitrogens is 1. The van der Waals surface area contributed by atoms with Crippen molar-refractivity contribution in [3.63, 3.8) is 0 Å². The fraction of sp³-hybridized carbons (Fsp3) is 0.154. The molecule has 4 heteroatoms. The molecule has 0 aliphatic rings. The number of nitrogens with one attached hydrogen (secondary N) is 1. The standard InChI is InChI=1S/C13H12BrFN2/c1-16-13(9-4-3-7-17-8-9)12-10(14)5-2-6-11(12)15/h2-8,13,16H,1H3. The van der Waals surface area contributed by atoms with Crippen LogP contribution in [0.4, 0.5) is 4.39 Å². The van der Waals surface area contributed by atoms with Crippen LogP contribution in [0.2, 0.25) is 0 Å². The van der Waals surface area contributed by atoms with E-state index >= 15 is 0 Å². The molecule has 1 aromatic heterocycles. The molecule has 0 aliphatic carbocycles. The predicted octanol–water partition coefficient (Wildman–Crippen LogP) is 3.29. The van der Waals surface area contributed by atoms with E-state index in [0.717, 1.165) is 10.0 Å². The minimum atomic E-state index is -0.234. The van der Waals surface area contributed by atoms with Crippen LogP contribution < -0.4 is 5.32 Å². The van der Waals surface area contributed by atoms with E-state index in [4.69, 9.17) is 0 Å². The Kier molecular flexibility index (Phi) is 3.86. The van der Waals surface area contributed by atoms with Gasteiger partial charge in [-0.05, 0) is 30.8 Å². The van der Waals surface area contributed by atoms with Gasteiger partial charge in [-0.25, -0.2) is 4.39 Å². The molecule has 1 atom stereocenters. The summed E-state index contributed by atoms with van der Waals surface area (Å²) in [5, 5.41) is 3.11. The Morgan fingerprint density at radius 3 is 2.71 bits per heavy atom. The summed E-state index contributed by atoms with van der Waals surface area (Å²) in [5.74, 6) is -0.234. The largest absolute Gasteiger partial charge is 0.309 e. The molecule has 17 heavy (non-hydrogen) atoms. The minimum Gasteiger partial charge on any atom is -0.309 e. The molecule has 2 aromatic rings. The zero-order valence-electron chi connectivity index (χ0n) is 9.32. The average Bonchev–Trinajstić information content (AvgIpc) is 2.35. The van der Waals surface area contributed by atoms with E-state index in [1.54, 1.807) is 25.5 Å². The Hall–Kier alpha value is -1.26. The molecule has 1 N–H and O–H groups in total. The number of pyridine rings is 1. The van der Waals surface area contributed by atoms with Gasteiger partial charge in [0.25, 0.3) is 0 Å². The second-order valence-corrected chi connectivity index (χ2v) is 4.50. The monoisotopic (exact) mass is 294 g/mol. The summed E-state index contributed by atoms with van der Waals surface area (Å²) in [5.41, 5.74) is 1.53. The van der Waals surface area contributed by atoms with E-state index in [2.05, 4.69) is 26.2 Å². The van der Waals surface area contributed by atoms with E-state index in [1.807, 2.05) is 18.2 Å². The van der Waals surface area contributed by atoms with Gasteiger partial charge in [-0.15, -0.1) is 0 Å². The van der Waals surface area contributed by atoms with Gasteiger partial charge in [-0.3, -0.25) is 4.98 Å². The first-order valence-corrected chi connectivity index (χ1v) is 6.04. The van der Waals surface area contributed by atoms with Crippen molar-refractivity contribution in [2.75, 3.05) is 7.05 Å². The third-order valence-corrected chi connectivity index (χ3v) is 3.29. The molecule has 2 nitrogen and oxygen atoms in total. The van der Waals surface area contributed by atoms with Gasteiger partial charge >= 0.3 is 0 Å². The van der Waals surface area contributed by atoms with Crippen LogP contribution >= 0.6 is 15.9 Å². The highest BCUT2D eigenvalue weighted by atomic mass is 79.9. The molecule has 1 unspecified atom stereocenters. The van der Waals surface area contributed by atoms with Gasteiger partial charge in [0.15, 0.2) is 0 Å². The third kappa shape index (κ3) is 2.53. The number of hydrogen-bond acceptors (Lipinski definition) is 2. The van der Waals surface area contributed by atoms with E-state index in [1.165, 1.54) is 6.07 Å². The number of halogens is 2. The number of hydrogen-bond donors (Lipinski definition) is 1. The Morgan fingerprint density at radius 2 is 2.12 bits per heavy atom. The quantitative estimate of drug-likeness (QED) is 0.940. The van der Waals surface area contributed by atoms with Crippen LogP contribution in [0.15, 0.2) is 47.2 Å². The highest BCUT2D eigenvalue weighted by Crippen LogP contribution is 2.30. The van der Waals surface area contributed by atoms with Crippen LogP contribution in [-0.2, 0) is 0 Å². The van der Waals surface area contributed by atoms with Crippen molar-refractivity contribution in [1.82, 2.24) is 10.3 Å². The van der Waals surface area contributed by atoms with Crippen molar-refractivity contribution in [3.05, 3.63) is 64.1 Å². The lowest BCUT2D eigenvalue weighted by molar-refractivity contribution is 0.573. The zero-order chi connectivity index (χ0) is 12.3. The maximum absolute atomic E-state index is 13.9. The smallest absolute Gasteiger partial charge is 0.129 e. The Labute approximate surface area is 108 Å². The molecule has 0 radical (unpaired) electrons. The first-order chi connectivity index (χ1) is 8.24. The number of rotatable bonds is 3. The summed E-state index contributed by atoms with van der Waals surface area (Å²) in [4.78, 5) is 4.06. The van der Waals surface area contributed by atoms with Crippen LogP contribution in [0.1, 0.15) is 17.2 Å². The fourth-order valence-electron chi connectivity index (χ4n) is 1.81. The Morgan fingerprint density at radius 1 is 1.29 bits per heavy atom. The Bertz CT molecular complexity index is 482. The summed E-state index contributed by atoms with van der Waals surface area (Å²) in [7, 11) is 1.80. The van der Waals surface area contributed by atoms with Gasteiger partial charge in [0.2, 0.25) is 0 Å². The van der Waals surface area contributed by atoms with Crippen molar-refractivity contribution in [2.45, 2.75) is 6.04 Å². The lowest BCUT2D eigenvalue weighted by atomic mass is 10.00. The average molecular weight is 295 g/mol. The summed E-state index contributed by atoms with van der Waals surface area (Å²) >= 11 is 3.39. The maximum atomic E-state index is 13.9. The third-order valence-electron chi connectivity index (χ3n) is 2.59. The van der Waals surface area contributed by atoms with Gasteiger partial charge in [-0.2, -0.15) is 0 Å². The zero-order valence-corrected chi connectivity index (χ0v) is 10.9. The highest BCUT2D eigenvalue weighted by Gasteiger charge is 2.18. The van der Waals surface area contributed by atoms with Crippen molar-refractivity contribution < 1.29 is 4.39 Å².